The largest absolute Gasteiger partial charge is 0.307 e. The van der Waals surface area contributed by atoms with E-state index in [0.717, 1.165) is 12.0 Å². The number of benzene rings is 1. The molecule has 1 saturated carbocycles. The molecule has 0 aliphatic heterocycles. The summed E-state index contributed by atoms with van der Waals surface area (Å²) in [5.74, 6) is 0. The topological polar surface area (TPSA) is 55.2 Å². The Morgan fingerprint density at radius 3 is 2.82 bits per heavy atom. The van der Waals surface area contributed by atoms with E-state index in [4.69, 9.17) is 0 Å². The van der Waals surface area contributed by atoms with Crippen molar-refractivity contribution in [1.29, 1.82) is 0 Å². The Hall–Kier alpha value is -1.42. The second-order valence-electron chi connectivity index (χ2n) is 4.61. The number of hydrogen-bond acceptors (Lipinski definition) is 3. The van der Waals surface area contributed by atoms with Crippen LogP contribution in [0.5, 0.6) is 0 Å². The molecule has 4 nitrogen and oxygen atoms in total. The second-order valence-corrected chi connectivity index (χ2v) is 4.61. The molecule has 2 rings (SSSR count). The van der Waals surface area contributed by atoms with Gasteiger partial charge < -0.3 is 5.32 Å². The fourth-order valence-corrected chi connectivity index (χ4v) is 2.16. The van der Waals surface area contributed by atoms with Crippen LogP contribution >= 0.6 is 0 Å². The lowest BCUT2D eigenvalue weighted by atomic mass is 9.91. The molecule has 1 atom stereocenters. The van der Waals surface area contributed by atoms with Crippen LogP contribution in [-0.4, -0.2) is 11.0 Å². The smallest absolute Gasteiger partial charge is 0.269 e. The highest BCUT2D eigenvalue weighted by atomic mass is 16.6. The number of non-ortho nitro benzene ring substituents is 1. The lowest BCUT2D eigenvalue weighted by Gasteiger charge is -2.31. The van der Waals surface area contributed by atoms with Gasteiger partial charge in [-0.1, -0.05) is 25.5 Å². The Kier molecular flexibility index (Phi) is 3.74. The Morgan fingerprint density at radius 1 is 1.53 bits per heavy atom. The summed E-state index contributed by atoms with van der Waals surface area (Å²) in [6.45, 7) is 2.11. The van der Waals surface area contributed by atoms with Gasteiger partial charge in [-0.2, -0.15) is 0 Å². The first-order chi connectivity index (χ1) is 8.20. The van der Waals surface area contributed by atoms with Gasteiger partial charge in [-0.3, -0.25) is 10.1 Å². The summed E-state index contributed by atoms with van der Waals surface area (Å²) >= 11 is 0. The molecule has 17 heavy (non-hydrogen) atoms. The summed E-state index contributed by atoms with van der Waals surface area (Å²) in [5.41, 5.74) is 1.20. The van der Waals surface area contributed by atoms with Crippen LogP contribution in [0.1, 0.15) is 44.2 Å². The molecule has 4 heteroatoms. The average molecular weight is 234 g/mol. The third kappa shape index (κ3) is 2.82. The number of nitro benzene ring substituents is 1. The third-order valence-electron chi connectivity index (χ3n) is 3.43. The number of nitro groups is 1. The van der Waals surface area contributed by atoms with E-state index in [2.05, 4.69) is 12.2 Å². The minimum Gasteiger partial charge on any atom is -0.307 e. The molecular weight excluding hydrogens is 216 g/mol. The highest BCUT2D eigenvalue weighted by molar-refractivity contribution is 5.35. The van der Waals surface area contributed by atoms with Crippen molar-refractivity contribution < 1.29 is 4.92 Å². The van der Waals surface area contributed by atoms with Gasteiger partial charge in [-0.25, -0.2) is 0 Å². The summed E-state index contributed by atoms with van der Waals surface area (Å²) in [6, 6.07) is 7.78. The standard InChI is InChI=1S/C13H18N2O2/c1-2-13(14-11-6-4-7-11)10-5-3-8-12(9-10)15(16)17/h3,5,8-9,11,13-14H,2,4,6-7H2,1H3. The fourth-order valence-electron chi connectivity index (χ4n) is 2.16. The predicted octanol–water partition coefficient (Wildman–Crippen LogP) is 3.19. The number of nitrogens with zero attached hydrogens (tertiary/aromatic N) is 1. The maximum Gasteiger partial charge on any atom is 0.269 e. The van der Waals surface area contributed by atoms with E-state index in [1.807, 2.05) is 6.07 Å². The highest BCUT2D eigenvalue weighted by Gasteiger charge is 2.21. The molecule has 0 bridgehead atoms. The van der Waals surface area contributed by atoms with Gasteiger partial charge >= 0.3 is 0 Å². The van der Waals surface area contributed by atoms with Crippen LogP contribution in [0.4, 0.5) is 5.69 Å². The minimum absolute atomic E-state index is 0.177. The number of rotatable bonds is 5. The van der Waals surface area contributed by atoms with Crippen molar-refractivity contribution in [2.75, 3.05) is 0 Å². The van der Waals surface area contributed by atoms with Gasteiger partial charge in [0, 0.05) is 24.2 Å². The van der Waals surface area contributed by atoms with E-state index < -0.39 is 0 Å². The van der Waals surface area contributed by atoms with Gasteiger partial charge in [-0.05, 0) is 24.8 Å². The van der Waals surface area contributed by atoms with Gasteiger partial charge in [0.25, 0.3) is 5.69 Å². The van der Waals surface area contributed by atoms with Crippen LogP contribution in [0.3, 0.4) is 0 Å². The monoisotopic (exact) mass is 234 g/mol. The Labute approximate surface area is 101 Å². The van der Waals surface area contributed by atoms with Crippen LogP contribution in [0.25, 0.3) is 0 Å². The van der Waals surface area contributed by atoms with E-state index >= 15 is 0 Å². The van der Waals surface area contributed by atoms with Crippen LogP contribution in [0.15, 0.2) is 24.3 Å². The Bertz CT molecular complexity index is 402. The zero-order chi connectivity index (χ0) is 12.3. The summed E-state index contributed by atoms with van der Waals surface area (Å²) in [5, 5.41) is 14.3. The molecule has 1 aromatic rings. The predicted molar refractivity (Wildman–Crippen MR) is 66.9 cm³/mol. The zero-order valence-electron chi connectivity index (χ0n) is 10.1. The first-order valence-electron chi connectivity index (χ1n) is 6.21. The maximum absolute atomic E-state index is 10.7. The second kappa shape index (κ2) is 5.27. The Balaban J connectivity index is 2.11. The quantitative estimate of drug-likeness (QED) is 0.628. The molecule has 1 aromatic carbocycles. The molecule has 1 N–H and O–H groups in total. The molecule has 1 unspecified atom stereocenters. The van der Waals surface area contributed by atoms with Crippen LogP contribution in [-0.2, 0) is 0 Å². The number of nitrogens with one attached hydrogen (secondary N) is 1. The first kappa shape index (κ1) is 12.0. The third-order valence-corrected chi connectivity index (χ3v) is 3.43. The van der Waals surface area contributed by atoms with E-state index in [-0.39, 0.29) is 16.7 Å². The van der Waals surface area contributed by atoms with Crippen molar-refractivity contribution in [3.63, 3.8) is 0 Å². The van der Waals surface area contributed by atoms with Gasteiger partial charge in [-0.15, -0.1) is 0 Å². The van der Waals surface area contributed by atoms with Crippen molar-refractivity contribution in [2.24, 2.45) is 0 Å². The van der Waals surface area contributed by atoms with Crippen LogP contribution < -0.4 is 5.32 Å². The molecular formula is C13H18N2O2. The SMILES string of the molecule is CCC(NC1CCC1)c1cccc([N+](=O)[O-])c1. The normalized spacial score (nSPS) is 17.5. The summed E-state index contributed by atoms with van der Waals surface area (Å²) in [6.07, 6.45) is 4.71. The molecule has 0 saturated heterocycles. The van der Waals surface area contributed by atoms with Gasteiger partial charge in [0.05, 0.1) is 4.92 Å². The van der Waals surface area contributed by atoms with E-state index in [1.165, 1.54) is 19.3 Å². The minimum atomic E-state index is -0.334. The molecule has 0 radical (unpaired) electrons. The van der Waals surface area contributed by atoms with Gasteiger partial charge in [0.1, 0.15) is 0 Å². The van der Waals surface area contributed by atoms with Gasteiger partial charge in [0.15, 0.2) is 0 Å². The molecule has 0 amide bonds. The molecule has 1 fully saturated rings. The lowest BCUT2D eigenvalue weighted by Crippen LogP contribution is -2.37. The van der Waals surface area contributed by atoms with Crippen LogP contribution in [0, 0.1) is 10.1 Å². The van der Waals surface area contributed by atoms with Crippen molar-refractivity contribution >= 4 is 5.69 Å². The average Bonchev–Trinajstić information content (AvgIpc) is 2.28. The molecule has 0 spiro atoms. The highest BCUT2D eigenvalue weighted by Crippen LogP contribution is 2.26. The van der Waals surface area contributed by atoms with Crippen molar-refractivity contribution in [3.8, 4) is 0 Å². The fraction of sp³-hybridized carbons (Fsp3) is 0.538. The molecule has 1 aliphatic rings. The summed E-state index contributed by atoms with van der Waals surface area (Å²) in [7, 11) is 0. The van der Waals surface area contributed by atoms with E-state index in [9.17, 15) is 10.1 Å². The lowest BCUT2D eigenvalue weighted by molar-refractivity contribution is -0.384. The summed E-state index contributed by atoms with van der Waals surface area (Å²) in [4.78, 5) is 10.4. The molecule has 0 aromatic heterocycles. The van der Waals surface area contributed by atoms with E-state index in [1.54, 1.807) is 18.2 Å². The maximum atomic E-state index is 10.7. The molecule has 1 aliphatic carbocycles. The number of hydrogen-bond donors (Lipinski definition) is 1. The van der Waals surface area contributed by atoms with Crippen LogP contribution in [0.2, 0.25) is 0 Å². The Morgan fingerprint density at radius 2 is 2.29 bits per heavy atom. The van der Waals surface area contributed by atoms with E-state index in [0.29, 0.717) is 6.04 Å². The summed E-state index contributed by atoms with van der Waals surface area (Å²) < 4.78 is 0. The van der Waals surface area contributed by atoms with Crippen molar-refractivity contribution in [1.82, 2.24) is 5.32 Å². The molecule has 92 valence electrons. The first-order valence-corrected chi connectivity index (χ1v) is 6.21. The van der Waals surface area contributed by atoms with Crippen molar-refractivity contribution in [2.45, 2.75) is 44.7 Å². The van der Waals surface area contributed by atoms with Crippen molar-refractivity contribution in [3.05, 3.63) is 39.9 Å². The zero-order valence-corrected chi connectivity index (χ0v) is 10.1. The molecule has 0 heterocycles. The van der Waals surface area contributed by atoms with Gasteiger partial charge in [0.2, 0.25) is 0 Å².